The highest BCUT2D eigenvalue weighted by Crippen LogP contribution is 2.31. The summed E-state index contributed by atoms with van der Waals surface area (Å²) in [6, 6.07) is 0.962. The van der Waals surface area contributed by atoms with Crippen LogP contribution in [0.15, 0.2) is 0 Å². The predicted octanol–water partition coefficient (Wildman–Crippen LogP) is 2.91. The largest absolute Gasteiger partial charge is 0.300 e. The van der Waals surface area contributed by atoms with E-state index >= 15 is 0 Å². The fourth-order valence-electron chi connectivity index (χ4n) is 2.97. The minimum atomic E-state index is 0.892. The van der Waals surface area contributed by atoms with Crippen LogP contribution in [0.25, 0.3) is 0 Å². The SMILES string of the molecule is CC(C)C1CCC2CCCCN2C1. The second kappa shape index (κ2) is 4.00. The molecule has 2 unspecified atom stereocenters. The Bertz CT molecular complexity index is 165. The van der Waals surface area contributed by atoms with Crippen molar-refractivity contribution in [2.24, 2.45) is 11.8 Å². The third-order valence-electron chi connectivity index (χ3n) is 4.03. The summed E-state index contributed by atoms with van der Waals surface area (Å²) in [6.45, 7) is 7.54. The lowest BCUT2D eigenvalue weighted by Gasteiger charge is -2.43. The van der Waals surface area contributed by atoms with E-state index in [9.17, 15) is 0 Å². The van der Waals surface area contributed by atoms with Gasteiger partial charge in [0, 0.05) is 12.6 Å². The molecule has 2 rings (SSSR count). The maximum absolute atomic E-state index is 2.76. The summed E-state index contributed by atoms with van der Waals surface area (Å²) >= 11 is 0. The Morgan fingerprint density at radius 2 is 1.92 bits per heavy atom. The van der Waals surface area contributed by atoms with Gasteiger partial charge in [-0.3, -0.25) is 0 Å². The van der Waals surface area contributed by atoms with Crippen LogP contribution >= 0.6 is 0 Å². The van der Waals surface area contributed by atoms with Gasteiger partial charge in [0.1, 0.15) is 0 Å². The number of nitrogens with zero attached hydrogens (tertiary/aromatic N) is 1. The van der Waals surface area contributed by atoms with Gasteiger partial charge >= 0.3 is 0 Å². The molecule has 1 nitrogen and oxygen atoms in total. The number of hydrogen-bond acceptors (Lipinski definition) is 1. The summed E-state index contributed by atoms with van der Waals surface area (Å²) in [6.07, 6.45) is 7.36. The summed E-state index contributed by atoms with van der Waals surface area (Å²) in [4.78, 5) is 2.76. The van der Waals surface area contributed by atoms with Crippen molar-refractivity contribution in [1.29, 1.82) is 0 Å². The normalized spacial score (nSPS) is 36.2. The van der Waals surface area contributed by atoms with Crippen LogP contribution in [0, 0.1) is 11.8 Å². The van der Waals surface area contributed by atoms with Gasteiger partial charge in [0.25, 0.3) is 0 Å². The first-order valence-electron chi connectivity index (χ1n) is 6.01. The predicted molar refractivity (Wildman–Crippen MR) is 56.8 cm³/mol. The smallest absolute Gasteiger partial charge is 0.00954 e. The molecule has 0 bridgehead atoms. The van der Waals surface area contributed by atoms with E-state index in [1.807, 2.05) is 0 Å². The van der Waals surface area contributed by atoms with Gasteiger partial charge in [0.15, 0.2) is 0 Å². The third kappa shape index (κ3) is 2.07. The molecule has 0 aromatic carbocycles. The maximum atomic E-state index is 2.76. The average Bonchev–Trinajstić information content (AvgIpc) is 2.17. The second-order valence-electron chi connectivity index (χ2n) is 5.23. The highest BCUT2D eigenvalue weighted by Gasteiger charge is 2.30. The molecule has 13 heavy (non-hydrogen) atoms. The molecule has 2 aliphatic heterocycles. The van der Waals surface area contributed by atoms with Gasteiger partial charge in [-0.15, -0.1) is 0 Å². The third-order valence-corrected chi connectivity index (χ3v) is 4.03. The second-order valence-corrected chi connectivity index (χ2v) is 5.23. The first kappa shape index (κ1) is 9.51. The van der Waals surface area contributed by atoms with E-state index < -0.39 is 0 Å². The number of rotatable bonds is 1. The lowest BCUT2D eigenvalue weighted by atomic mass is 9.82. The molecule has 0 aliphatic carbocycles. The molecule has 0 saturated carbocycles. The summed E-state index contributed by atoms with van der Waals surface area (Å²) in [5.41, 5.74) is 0. The number of piperidine rings is 2. The first-order chi connectivity index (χ1) is 6.27. The van der Waals surface area contributed by atoms with Gasteiger partial charge in [0.2, 0.25) is 0 Å². The topological polar surface area (TPSA) is 3.24 Å². The van der Waals surface area contributed by atoms with Crippen LogP contribution in [0.1, 0.15) is 46.0 Å². The monoisotopic (exact) mass is 181 g/mol. The molecule has 0 spiro atoms. The number of hydrogen-bond donors (Lipinski definition) is 0. The van der Waals surface area contributed by atoms with Gasteiger partial charge in [-0.05, 0) is 44.1 Å². The van der Waals surface area contributed by atoms with E-state index in [1.54, 1.807) is 0 Å². The highest BCUT2D eigenvalue weighted by molar-refractivity contribution is 4.85. The molecule has 2 atom stereocenters. The van der Waals surface area contributed by atoms with Gasteiger partial charge in [0.05, 0.1) is 0 Å². The molecular formula is C12H23N. The molecule has 2 heterocycles. The fraction of sp³-hybridized carbons (Fsp3) is 1.00. The molecule has 0 radical (unpaired) electrons. The molecule has 76 valence electrons. The standard InChI is InChI=1S/C12H23N/c1-10(2)11-6-7-12-5-3-4-8-13(12)9-11/h10-12H,3-9H2,1-2H3. The lowest BCUT2D eigenvalue weighted by Crippen LogP contribution is -2.47. The zero-order chi connectivity index (χ0) is 9.26. The number of fused-ring (bicyclic) bond motifs is 1. The molecule has 2 saturated heterocycles. The minimum Gasteiger partial charge on any atom is -0.300 e. The van der Waals surface area contributed by atoms with Gasteiger partial charge in [-0.25, -0.2) is 0 Å². The van der Waals surface area contributed by atoms with E-state index in [-0.39, 0.29) is 0 Å². The van der Waals surface area contributed by atoms with Crippen LogP contribution in [0.5, 0.6) is 0 Å². The van der Waals surface area contributed by atoms with Gasteiger partial charge < -0.3 is 4.90 Å². The van der Waals surface area contributed by atoms with Crippen LogP contribution < -0.4 is 0 Å². The summed E-state index contributed by atoms with van der Waals surface area (Å²) in [5.74, 6) is 1.87. The van der Waals surface area contributed by atoms with E-state index in [0.29, 0.717) is 0 Å². The van der Waals surface area contributed by atoms with Gasteiger partial charge in [-0.1, -0.05) is 20.3 Å². The summed E-state index contributed by atoms with van der Waals surface area (Å²) < 4.78 is 0. The van der Waals surface area contributed by atoms with E-state index in [1.165, 1.54) is 45.2 Å². The van der Waals surface area contributed by atoms with E-state index in [4.69, 9.17) is 0 Å². The minimum absolute atomic E-state index is 0.892. The molecule has 0 aromatic rings. The quantitative estimate of drug-likeness (QED) is 0.601. The Morgan fingerprint density at radius 3 is 2.69 bits per heavy atom. The van der Waals surface area contributed by atoms with Crippen LogP contribution in [0.4, 0.5) is 0 Å². The van der Waals surface area contributed by atoms with Crippen molar-refractivity contribution >= 4 is 0 Å². The Labute approximate surface area is 82.5 Å². The lowest BCUT2D eigenvalue weighted by molar-refractivity contribution is 0.0597. The Balaban J connectivity index is 1.91. The molecule has 1 heteroatoms. The van der Waals surface area contributed by atoms with E-state index in [0.717, 1.165) is 17.9 Å². The Kier molecular flexibility index (Phi) is 2.92. The van der Waals surface area contributed by atoms with Gasteiger partial charge in [-0.2, -0.15) is 0 Å². The Hall–Kier alpha value is -0.0400. The highest BCUT2D eigenvalue weighted by atomic mass is 15.2. The van der Waals surface area contributed by atoms with Crippen LogP contribution in [0.3, 0.4) is 0 Å². The Morgan fingerprint density at radius 1 is 1.08 bits per heavy atom. The van der Waals surface area contributed by atoms with Crippen molar-refractivity contribution in [2.75, 3.05) is 13.1 Å². The summed E-state index contributed by atoms with van der Waals surface area (Å²) in [7, 11) is 0. The van der Waals surface area contributed by atoms with Crippen molar-refractivity contribution in [3.05, 3.63) is 0 Å². The van der Waals surface area contributed by atoms with Crippen molar-refractivity contribution in [1.82, 2.24) is 4.90 Å². The molecule has 2 aliphatic rings. The molecular weight excluding hydrogens is 158 g/mol. The van der Waals surface area contributed by atoms with Crippen molar-refractivity contribution in [3.63, 3.8) is 0 Å². The maximum Gasteiger partial charge on any atom is 0.00954 e. The first-order valence-corrected chi connectivity index (χ1v) is 6.01. The molecule has 2 fully saturated rings. The average molecular weight is 181 g/mol. The zero-order valence-corrected chi connectivity index (χ0v) is 9.13. The van der Waals surface area contributed by atoms with Crippen LogP contribution in [-0.4, -0.2) is 24.0 Å². The summed E-state index contributed by atoms with van der Waals surface area (Å²) in [5, 5.41) is 0. The van der Waals surface area contributed by atoms with Crippen LogP contribution in [-0.2, 0) is 0 Å². The molecule has 0 amide bonds. The zero-order valence-electron chi connectivity index (χ0n) is 9.13. The fourth-order valence-corrected chi connectivity index (χ4v) is 2.97. The van der Waals surface area contributed by atoms with Crippen molar-refractivity contribution < 1.29 is 0 Å². The van der Waals surface area contributed by atoms with Crippen molar-refractivity contribution in [2.45, 2.75) is 52.0 Å². The molecule has 0 N–H and O–H groups in total. The van der Waals surface area contributed by atoms with Crippen LogP contribution in [0.2, 0.25) is 0 Å². The molecule has 0 aromatic heterocycles. The van der Waals surface area contributed by atoms with Crippen molar-refractivity contribution in [3.8, 4) is 0 Å². The van der Waals surface area contributed by atoms with E-state index in [2.05, 4.69) is 18.7 Å².